The number of carbonyl (C=O) groups is 2. The molecule has 1 aromatic rings. The molecule has 0 spiro atoms. The van der Waals surface area contributed by atoms with Crippen LogP contribution < -0.4 is 0 Å². The van der Waals surface area contributed by atoms with Gasteiger partial charge in [0.05, 0.1) is 11.6 Å². The van der Waals surface area contributed by atoms with Crippen molar-refractivity contribution >= 4 is 36.0 Å². The van der Waals surface area contributed by atoms with Gasteiger partial charge in [0.15, 0.2) is 5.78 Å². The van der Waals surface area contributed by atoms with Gasteiger partial charge in [-0.3, -0.25) is 9.59 Å². The van der Waals surface area contributed by atoms with Crippen molar-refractivity contribution in [3.8, 4) is 0 Å². The van der Waals surface area contributed by atoms with E-state index >= 15 is 0 Å². The number of hydrogen-bond acceptors (Lipinski definition) is 4. The Kier molecular flexibility index (Phi) is 5.02. The van der Waals surface area contributed by atoms with Crippen molar-refractivity contribution in [3.05, 3.63) is 28.8 Å². The van der Waals surface area contributed by atoms with Gasteiger partial charge < -0.3 is 4.74 Å². The first-order chi connectivity index (χ1) is 7.97. The van der Waals surface area contributed by atoms with Crippen LogP contribution in [0.4, 0.5) is 0 Å². The van der Waals surface area contributed by atoms with E-state index in [9.17, 15) is 9.59 Å². The minimum Gasteiger partial charge on any atom is -0.465 e. The van der Waals surface area contributed by atoms with Gasteiger partial charge >= 0.3 is 5.97 Å². The van der Waals surface area contributed by atoms with Gasteiger partial charge in [-0.2, -0.15) is 0 Å². The molecule has 5 heteroatoms. The predicted molar refractivity (Wildman–Crippen MR) is 68.8 cm³/mol. The van der Waals surface area contributed by atoms with Gasteiger partial charge in [0.25, 0.3) is 0 Å². The molecule has 0 aliphatic heterocycles. The molecule has 1 aromatic carbocycles. The molecule has 3 nitrogen and oxygen atoms in total. The Bertz CT molecular complexity index is 445. The van der Waals surface area contributed by atoms with Crippen LogP contribution in [0.5, 0.6) is 0 Å². The molecule has 0 bridgehead atoms. The van der Waals surface area contributed by atoms with Gasteiger partial charge in [-0.15, -0.1) is 12.6 Å². The average molecular weight is 273 g/mol. The van der Waals surface area contributed by atoms with E-state index in [1.165, 1.54) is 6.92 Å². The Morgan fingerprint density at radius 1 is 1.47 bits per heavy atom. The molecule has 1 rings (SSSR count). The molecule has 0 aromatic heterocycles. The summed E-state index contributed by atoms with van der Waals surface area (Å²) in [5.74, 6) is -1.76. The van der Waals surface area contributed by atoms with E-state index in [1.807, 2.05) is 0 Å². The topological polar surface area (TPSA) is 43.4 Å². The molecule has 0 fully saturated rings. The van der Waals surface area contributed by atoms with Crippen molar-refractivity contribution < 1.29 is 14.3 Å². The summed E-state index contributed by atoms with van der Waals surface area (Å²) in [5.41, 5.74) is 0.291. The number of carbonyl (C=O) groups excluding carboxylic acids is 2. The van der Waals surface area contributed by atoms with Crippen molar-refractivity contribution in [1.82, 2.24) is 0 Å². The summed E-state index contributed by atoms with van der Waals surface area (Å²) in [4.78, 5) is 24.1. The van der Waals surface area contributed by atoms with Crippen LogP contribution in [0.1, 0.15) is 24.2 Å². The van der Waals surface area contributed by atoms with Crippen LogP contribution in [0.25, 0.3) is 0 Å². The minimum absolute atomic E-state index is 0.247. The molecule has 0 heterocycles. The summed E-state index contributed by atoms with van der Waals surface area (Å²) in [6.07, 6.45) is 0. The summed E-state index contributed by atoms with van der Waals surface area (Å²) >= 11 is 10.0. The molecule has 0 saturated carbocycles. The normalized spacial score (nSPS) is 12.0. The van der Waals surface area contributed by atoms with E-state index in [-0.39, 0.29) is 12.4 Å². The lowest BCUT2D eigenvalue weighted by Crippen LogP contribution is -2.23. The fraction of sp³-hybridized carbons (Fsp3) is 0.333. The van der Waals surface area contributed by atoms with Gasteiger partial charge in [0.1, 0.15) is 5.92 Å². The first-order valence-electron chi connectivity index (χ1n) is 5.16. The van der Waals surface area contributed by atoms with Crippen LogP contribution in [0.3, 0.4) is 0 Å². The summed E-state index contributed by atoms with van der Waals surface area (Å²) < 4.78 is 4.79. The third kappa shape index (κ3) is 3.48. The van der Waals surface area contributed by atoms with Crippen molar-refractivity contribution in [1.29, 1.82) is 0 Å². The summed E-state index contributed by atoms with van der Waals surface area (Å²) in [6.45, 7) is 3.44. The summed E-state index contributed by atoms with van der Waals surface area (Å²) in [5, 5.41) is 0.309. The largest absolute Gasteiger partial charge is 0.465 e. The number of Topliss-reactive ketones (excluding diaryl/α,β-unsaturated/α-hetero) is 1. The molecule has 1 unspecified atom stereocenters. The van der Waals surface area contributed by atoms with E-state index < -0.39 is 11.9 Å². The van der Waals surface area contributed by atoms with Gasteiger partial charge in [-0.25, -0.2) is 0 Å². The molecular weight excluding hydrogens is 260 g/mol. The number of ketones is 1. The van der Waals surface area contributed by atoms with Gasteiger partial charge in [-0.05, 0) is 32.0 Å². The highest BCUT2D eigenvalue weighted by molar-refractivity contribution is 7.80. The molecular formula is C12H13ClO3S. The Morgan fingerprint density at radius 3 is 2.71 bits per heavy atom. The first kappa shape index (κ1) is 14.1. The number of benzene rings is 1. The van der Waals surface area contributed by atoms with E-state index in [1.54, 1.807) is 25.1 Å². The molecule has 0 saturated heterocycles. The standard InChI is InChI=1S/C12H13ClO3S/c1-3-16-12(15)7(2)11(14)9-6-8(17)4-5-10(9)13/h4-7,17H,3H2,1-2H3. The SMILES string of the molecule is CCOC(=O)C(C)C(=O)c1cc(S)ccc1Cl. The number of hydrogen-bond donors (Lipinski definition) is 1. The van der Waals surface area contributed by atoms with E-state index in [2.05, 4.69) is 12.6 Å². The van der Waals surface area contributed by atoms with Crippen LogP contribution in [0.15, 0.2) is 23.1 Å². The molecule has 92 valence electrons. The third-order valence-corrected chi connectivity index (χ3v) is 2.86. The molecule has 1 atom stereocenters. The maximum absolute atomic E-state index is 12.0. The fourth-order valence-corrected chi connectivity index (χ4v) is 1.72. The molecule has 0 radical (unpaired) electrons. The van der Waals surface area contributed by atoms with Crippen molar-refractivity contribution in [3.63, 3.8) is 0 Å². The Balaban J connectivity index is 2.96. The maximum atomic E-state index is 12.0. The highest BCUT2D eigenvalue weighted by atomic mass is 35.5. The highest BCUT2D eigenvalue weighted by Crippen LogP contribution is 2.23. The Labute approximate surface area is 111 Å². The number of thiol groups is 1. The molecule has 0 amide bonds. The lowest BCUT2D eigenvalue weighted by atomic mass is 9.99. The number of ether oxygens (including phenoxy) is 1. The van der Waals surface area contributed by atoms with E-state index in [0.717, 1.165) is 0 Å². The third-order valence-electron chi connectivity index (χ3n) is 2.25. The smallest absolute Gasteiger partial charge is 0.316 e. The number of rotatable bonds is 4. The van der Waals surface area contributed by atoms with Crippen LogP contribution in [-0.4, -0.2) is 18.4 Å². The van der Waals surface area contributed by atoms with Crippen molar-refractivity contribution in [2.45, 2.75) is 18.7 Å². The van der Waals surface area contributed by atoms with Crippen LogP contribution in [0, 0.1) is 5.92 Å². The zero-order chi connectivity index (χ0) is 13.0. The molecule has 17 heavy (non-hydrogen) atoms. The molecule has 0 aliphatic carbocycles. The van der Waals surface area contributed by atoms with Crippen molar-refractivity contribution in [2.24, 2.45) is 5.92 Å². The second-order valence-electron chi connectivity index (χ2n) is 3.50. The first-order valence-corrected chi connectivity index (χ1v) is 5.99. The van der Waals surface area contributed by atoms with E-state index in [0.29, 0.717) is 15.5 Å². The van der Waals surface area contributed by atoms with Crippen LogP contribution >= 0.6 is 24.2 Å². The second-order valence-corrected chi connectivity index (χ2v) is 4.43. The molecule has 0 N–H and O–H groups in total. The summed E-state index contributed by atoms with van der Waals surface area (Å²) in [6, 6.07) is 4.80. The maximum Gasteiger partial charge on any atom is 0.316 e. The van der Waals surface area contributed by atoms with Crippen molar-refractivity contribution in [2.75, 3.05) is 6.61 Å². The average Bonchev–Trinajstić information content (AvgIpc) is 2.30. The number of halogens is 1. The Morgan fingerprint density at radius 2 is 2.12 bits per heavy atom. The van der Waals surface area contributed by atoms with Crippen LogP contribution in [-0.2, 0) is 9.53 Å². The predicted octanol–water partition coefficient (Wildman–Crippen LogP) is 3.01. The highest BCUT2D eigenvalue weighted by Gasteiger charge is 2.25. The molecule has 0 aliphatic rings. The quantitative estimate of drug-likeness (QED) is 0.397. The van der Waals surface area contributed by atoms with Gasteiger partial charge in [-0.1, -0.05) is 11.6 Å². The van der Waals surface area contributed by atoms with Crippen LogP contribution in [0.2, 0.25) is 5.02 Å². The lowest BCUT2D eigenvalue weighted by Gasteiger charge is -2.10. The number of esters is 1. The Hall–Kier alpha value is -1.00. The van der Waals surface area contributed by atoms with Gasteiger partial charge in [0.2, 0.25) is 0 Å². The van der Waals surface area contributed by atoms with Gasteiger partial charge in [0, 0.05) is 10.5 Å². The zero-order valence-corrected chi connectivity index (χ0v) is 11.2. The second kappa shape index (κ2) is 6.07. The summed E-state index contributed by atoms with van der Waals surface area (Å²) in [7, 11) is 0. The minimum atomic E-state index is -0.859. The van der Waals surface area contributed by atoms with E-state index in [4.69, 9.17) is 16.3 Å². The zero-order valence-electron chi connectivity index (χ0n) is 9.57. The fourth-order valence-electron chi connectivity index (χ4n) is 1.31. The monoisotopic (exact) mass is 272 g/mol. The lowest BCUT2D eigenvalue weighted by molar-refractivity contribution is -0.145.